The third-order valence-electron chi connectivity index (χ3n) is 6.92. The van der Waals surface area contributed by atoms with Crippen molar-refractivity contribution >= 4 is 17.5 Å². The number of hydrogen-bond acceptors (Lipinski definition) is 2. The molecule has 1 saturated heterocycles. The molecule has 172 valence electrons. The predicted octanol–water partition coefficient (Wildman–Crippen LogP) is 5.89. The summed E-state index contributed by atoms with van der Waals surface area (Å²) in [6.07, 6.45) is 0.325. The molecule has 1 amide bonds. The number of halogens is 4. The molecule has 8 heteroatoms. The number of imidazole rings is 1. The van der Waals surface area contributed by atoms with Gasteiger partial charge in [0.25, 0.3) is 0 Å². The molecule has 2 atom stereocenters. The van der Waals surface area contributed by atoms with Crippen molar-refractivity contribution in [1.82, 2.24) is 14.5 Å². The molecule has 0 radical (unpaired) electrons. The predicted molar refractivity (Wildman–Crippen MR) is 120 cm³/mol. The quantitative estimate of drug-likeness (QED) is 0.474. The molecule has 4 nitrogen and oxygen atoms in total. The maximum absolute atomic E-state index is 13.3. The van der Waals surface area contributed by atoms with E-state index in [1.165, 1.54) is 4.90 Å². The number of hydrogen-bond donors (Lipinski definition) is 0. The summed E-state index contributed by atoms with van der Waals surface area (Å²) < 4.78 is 41.9. The van der Waals surface area contributed by atoms with Crippen LogP contribution in [0.4, 0.5) is 13.2 Å². The zero-order chi connectivity index (χ0) is 23.2. The number of nitrogens with zero attached hydrogens (tertiary/aromatic N) is 3. The Kier molecular flexibility index (Phi) is 5.47. The molecule has 5 rings (SSSR count). The van der Waals surface area contributed by atoms with Crippen LogP contribution in [0.2, 0.25) is 5.02 Å². The number of fused-ring (bicyclic) bond motifs is 3. The highest BCUT2D eigenvalue weighted by Gasteiger charge is 2.46. The number of carbonyl (C=O) groups excluding carboxylic acids is 1. The lowest BCUT2D eigenvalue weighted by atomic mass is 9.79. The zero-order valence-corrected chi connectivity index (χ0v) is 18.6. The van der Waals surface area contributed by atoms with E-state index >= 15 is 0 Å². The zero-order valence-electron chi connectivity index (χ0n) is 17.9. The fraction of sp³-hybridized carbons (Fsp3) is 0.360. The second kappa shape index (κ2) is 8.20. The van der Waals surface area contributed by atoms with Gasteiger partial charge in [-0.25, -0.2) is 4.98 Å². The summed E-state index contributed by atoms with van der Waals surface area (Å²) in [5.74, 6) is -0.890. The Balaban J connectivity index is 1.49. The Labute approximate surface area is 195 Å². The van der Waals surface area contributed by atoms with Crippen molar-refractivity contribution in [3.8, 4) is 11.4 Å². The van der Waals surface area contributed by atoms with Gasteiger partial charge in [0.15, 0.2) is 0 Å². The van der Waals surface area contributed by atoms with Crippen molar-refractivity contribution in [1.29, 1.82) is 0 Å². The average molecular weight is 474 g/mol. The Morgan fingerprint density at radius 2 is 1.91 bits per heavy atom. The van der Waals surface area contributed by atoms with Crippen molar-refractivity contribution in [3.05, 3.63) is 77.1 Å². The first-order valence-corrected chi connectivity index (χ1v) is 11.4. The Morgan fingerprint density at radius 3 is 2.67 bits per heavy atom. The van der Waals surface area contributed by atoms with Gasteiger partial charge in [-0.15, -0.1) is 0 Å². The minimum absolute atomic E-state index is 0.0771. The minimum atomic E-state index is -4.28. The van der Waals surface area contributed by atoms with Gasteiger partial charge in [-0.1, -0.05) is 48.0 Å². The highest BCUT2D eigenvalue weighted by molar-refractivity contribution is 6.30. The SMILES string of the molecule is O=C(CCC1(c2ccc(Cl)cc2)c2ccccc2-c2nccn21)N1CCCC(C(F)(F)F)C1. The van der Waals surface area contributed by atoms with E-state index in [4.69, 9.17) is 11.6 Å². The third kappa shape index (κ3) is 3.72. The first kappa shape index (κ1) is 22.0. The molecular formula is C25H23ClF3N3O. The normalized spacial score (nSPS) is 22.2. The van der Waals surface area contributed by atoms with Crippen LogP contribution >= 0.6 is 11.6 Å². The Hall–Kier alpha value is -2.80. The number of alkyl halides is 3. The highest BCUT2D eigenvalue weighted by Crippen LogP contribution is 2.49. The van der Waals surface area contributed by atoms with Gasteiger partial charge in [-0.2, -0.15) is 13.2 Å². The average Bonchev–Trinajstić information content (AvgIpc) is 3.39. The van der Waals surface area contributed by atoms with Gasteiger partial charge in [0, 0.05) is 42.5 Å². The monoisotopic (exact) mass is 473 g/mol. The summed E-state index contributed by atoms with van der Waals surface area (Å²) in [7, 11) is 0. The first-order valence-electron chi connectivity index (χ1n) is 11.0. The van der Waals surface area contributed by atoms with E-state index in [0.29, 0.717) is 24.4 Å². The topological polar surface area (TPSA) is 38.1 Å². The van der Waals surface area contributed by atoms with Crippen molar-refractivity contribution in [2.45, 2.75) is 37.4 Å². The van der Waals surface area contributed by atoms with Gasteiger partial charge in [0.1, 0.15) is 5.82 Å². The molecule has 2 aliphatic rings. The molecule has 0 saturated carbocycles. The number of benzene rings is 2. The van der Waals surface area contributed by atoms with Gasteiger partial charge in [0.2, 0.25) is 5.91 Å². The second-order valence-electron chi connectivity index (χ2n) is 8.75. The second-order valence-corrected chi connectivity index (χ2v) is 9.19. The highest BCUT2D eigenvalue weighted by atomic mass is 35.5. The summed E-state index contributed by atoms with van der Waals surface area (Å²) in [6, 6.07) is 15.5. The summed E-state index contributed by atoms with van der Waals surface area (Å²) >= 11 is 6.15. The van der Waals surface area contributed by atoms with Crippen molar-refractivity contribution in [3.63, 3.8) is 0 Å². The molecule has 0 aliphatic carbocycles. The largest absolute Gasteiger partial charge is 0.393 e. The van der Waals surface area contributed by atoms with Gasteiger partial charge in [-0.3, -0.25) is 4.79 Å². The van der Waals surface area contributed by atoms with E-state index in [9.17, 15) is 18.0 Å². The van der Waals surface area contributed by atoms with Gasteiger partial charge in [-0.05, 0) is 42.5 Å². The first-order chi connectivity index (χ1) is 15.8. The lowest BCUT2D eigenvalue weighted by Crippen LogP contribution is -2.45. The number of carbonyl (C=O) groups is 1. The number of aromatic nitrogens is 2. The standard InChI is InChI=1S/C25H23ClF3N3O/c26-19-9-7-17(8-10-19)24(21-6-2-1-5-20(21)23-30-13-15-32(23)24)12-11-22(33)31-14-3-4-18(16-31)25(27,28)29/h1-2,5-10,13,15,18H,3-4,11-12,14,16H2. The van der Waals surface area contributed by atoms with Gasteiger partial charge in [0.05, 0.1) is 11.5 Å². The minimum Gasteiger partial charge on any atom is -0.342 e. The molecule has 2 aromatic carbocycles. The summed E-state index contributed by atoms with van der Waals surface area (Å²) in [5, 5.41) is 0.605. The van der Waals surface area contributed by atoms with Crippen LogP contribution in [0.1, 0.15) is 36.8 Å². The molecule has 3 heterocycles. The Morgan fingerprint density at radius 1 is 1.15 bits per heavy atom. The molecule has 33 heavy (non-hydrogen) atoms. The molecule has 1 aromatic heterocycles. The lowest BCUT2D eigenvalue weighted by Gasteiger charge is -2.36. The van der Waals surface area contributed by atoms with Crippen molar-refractivity contribution < 1.29 is 18.0 Å². The molecular weight excluding hydrogens is 451 g/mol. The van der Waals surface area contributed by atoms with Crippen LogP contribution in [-0.2, 0) is 10.3 Å². The molecule has 0 bridgehead atoms. The van der Waals surface area contributed by atoms with E-state index in [1.807, 2.05) is 54.7 Å². The van der Waals surface area contributed by atoms with E-state index in [1.54, 1.807) is 6.20 Å². The van der Waals surface area contributed by atoms with E-state index < -0.39 is 17.6 Å². The number of likely N-dealkylation sites (tertiary alicyclic amines) is 1. The summed E-state index contributed by atoms with van der Waals surface area (Å²) in [4.78, 5) is 19.1. The maximum atomic E-state index is 13.3. The van der Waals surface area contributed by atoms with Crippen LogP contribution in [-0.4, -0.2) is 39.6 Å². The summed E-state index contributed by atoms with van der Waals surface area (Å²) in [5.41, 5.74) is 2.27. The van der Waals surface area contributed by atoms with Crippen molar-refractivity contribution in [2.24, 2.45) is 5.92 Å². The number of rotatable bonds is 4. The molecule has 0 spiro atoms. The molecule has 0 N–H and O–H groups in total. The molecule has 2 aliphatic heterocycles. The van der Waals surface area contributed by atoms with E-state index in [-0.39, 0.29) is 25.3 Å². The van der Waals surface area contributed by atoms with Gasteiger partial charge < -0.3 is 9.47 Å². The maximum Gasteiger partial charge on any atom is 0.393 e. The lowest BCUT2D eigenvalue weighted by molar-refractivity contribution is -0.188. The van der Waals surface area contributed by atoms with Crippen LogP contribution in [0.3, 0.4) is 0 Å². The number of amides is 1. The molecule has 3 aromatic rings. The molecule has 1 fully saturated rings. The summed E-state index contributed by atoms with van der Waals surface area (Å²) in [6.45, 7) is 0.107. The van der Waals surface area contributed by atoms with Gasteiger partial charge >= 0.3 is 6.18 Å². The van der Waals surface area contributed by atoms with Crippen LogP contribution in [0.25, 0.3) is 11.4 Å². The third-order valence-corrected chi connectivity index (χ3v) is 7.18. The molecule has 2 unspecified atom stereocenters. The fourth-order valence-electron chi connectivity index (χ4n) is 5.32. The van der Waals surface area contributed by atoms with Crippen LogP contribution in [0.15, 0.2) is 60.9 Å². The van der Waals surface area contributed by atoms with E-state index in [0.717, 1.165) is 22.5 Å². The Bertz CT molecular complexity index is 1170. The van der Waals surface area contributed by atoms with Crippen LogP contribution in [0.5, 0.6) is 0 Å². The fourth-order valence-corrected chi connectivity index (χ4v) is 5.44. The number of piperidine rings is 1. The van der Waals surface area contributed by atoms with Crippen LogP contribution in [0, 0.1) is 5.92 Å². The van der Waals surface area contributed by atoms with Crippen LogP contribution < -0.4 is 0 Å². The van der Waals surface area contributed by atoms with E-state index in [2.05, 4.69) is 9.55 Å². The smallest absolute Gasteiger partial charge is 0.342 e. The van der Waals surface area contributed by atoms with Crippen molar-refractivity contribution in [2.75, 3.05) is 13.1 Å².